The van der Waals surface area contributed by atoms with Crippen molar-refractivity contribution in [2.75, 3.05) is 33.2 Å². The van der Waals surface area contributed by atoms with Gasteiger partial charge in [-0.25, -0.2) is 13.2 Å². The summed E-state index contributed by atoms with van der Waals surface area (Å²) in [6.07, 6.45) is 5.61. The highest BCUT2D eigenvalue weighted by Gasteiger charge is 2.27. The number of nitrogens with zero attached hydrogens (tertiary/aromatic N) is 2. The smallest absolute Gasteiger partial charge is 0.338 e. The summed E-state index contributed by atoms with van der Waals surface area (Å²) in [7, 11) is -1.56. The van der Waals surface area contributed by atoms with Crippen molar-refractivity contribution in [3.63, 3.8) is 0 Å². The van der Waals surface area contributed by atoms with E-state index in [4.69, 9.17) is 4.74 Å². The van der Waals surface area contributed by atoms with Gasteiger partial charge in [0.1, 0.15) is 6.10 Å². The van der Waals surface area contributed by atoms with E-state index in [1.807, 2.05) is 7.05 Å². The molecule has 0 aliphatic carbocycles. The minimum atomic E-state index is -3.57. The number of piperidine rings is 1. The lowest BCUT2D eigenvalue weighted by Crippen LogP contribution is -2.38. The topological polar surface area (TPSA) is 66.9 Å². The van der Waals surface area contributed by atoms with Gasteiger partial charge in [0.2, 0.25) is 10.0 Å². The average molecular weight is 381 g/mol. The molecule has 0 radical (unpaired) electrons. The Morgan fingerprint density at radius 2 is 1.81 bits per heavy atom. The predicted octanol–water partition coefficient (Wildman–Crippen LogP) is 2.50. The van der Waals surface area contributed by atoms with Crippen molar-refractivity contribution < 1.29 is 17.9 Å². The number of carbonyl (C=O) groups excluding carboxylic acids is 1. The SMILES string of the molecule is CN1CCC[C@H](OC(=O)c2cccc(S(=O)(=O)N3CCCCCC3)c2)C1. The molecule has 0 bridgehead atoms. The number of esters is 1. The molecule has 2 saturated heterocycles. The Hall–Kier alpha value is -1.44. The van der Waals surface area contributed by atoms with Crippen LogP contribution in [0, 0.1) is 0 Å². The van der Waals surface area contributed by atoms with Crippen LogP contribution in [0.3, 0.4) is 0 Å². The number of hydrogen-bond acceptors (Lipinski definition) is 5. The van der Waals surface area contributed by atoms with Gasteiger partial charge in [-0.2, -0.15) is 4.31 Å². The Kier molecular flexibility index (Phi) is 6.32. The third-order valence-corrected chi connectivity index (χ3v) is 7.02. The van der Waals surface area contributed by atoms with Crippen LogP contribution in [0.4, 0.5) is 0 Å². The number of benzene rings is 1. The van der Waals surface area contributed by atoms with Gasteiger partial charge in [0.25, 0.3) is 0 Å². The zero-order chi connectivity index (χ0) is 18.6. The Labute approximate surface area is 156 Å². The van der Waals surface area contributed by atoms with E-state index in [9.17, 15) is 13.2 Å². The van der Waals surface area contributed by atoms with Crippen LogP contribution in [0.15, 0.2) is 29.2 Å². The first-order valence-electron chi connectivity index (χ1n) is 9.46. The standard InChI is InChI=1S/C19H28N2O4S/c1-20-11-7-9-17(15-20)25-19(22)16-8-6-10-18(14-16)26(23,24)21-12-4-2-3-5-13-21/h6,8,10,14,17H,2-5,7,9,11-13,15H2,1H3/t17-/m0/s1. The lowest BCUT2D eigenvalue weighted by molar-refractivity contribution is 0.0108. The number of carbonyl (C=O) groups is 1. The summed E-state index contributed by atoms with van der Waals surface area (Å²) in [5, 5.41) is 0. The normalized spacial score (nSPS) is 23.3. The van der Waals surface area contributed by atoms with E-state index in [-0.39, 0.29) is 11.0 Å². The van der Waals surface area contributed by atoms with E-state index in [1.54, 1.807) is 22.5 Å². The van der Waals surface area contributed by atoms with Crippen LogP contribution in [0.25, 0.3) is 0 Å². The Morgan fingerprint density at radius 1 is 1.08 bits per heavy atom. The van der Waals surface area contributed by atoms with E-state index in [0.29, 0.717) is 18.7 Å². The zero-order valence-corrected chi connectivity index (χ0v) is 16.2. The molecule has 26 heavy (non-hydrogen) atoms. The van der Waals surface area contributed by atoms with E-state index >= 15 is 0 Å². The second kappa shape index (κ2) is 8.50. The first-order chi connectivity index (χ1) is 12.5. The Morgan fingerprint density at radius 3 is 2.50 bits per heavy atom. The molecular weight excluding hydrogens is 352 g/mol. The molecule has 7 heteroatoms. The first-order valence-corrected chi connectivity index (χ1v) is 10.9. The zero-order valence-electron chi connectivity index (χ0n) is 15.4. The molecule has 1 aromatic carbocycles. The van der Waals surface area contributed by atoms with Gasteiger partial charge in [-0.1, -0.05) is 18.9 Å². The molecule has 144 valence electrons. The third-order valence-electron chi connectivity index (χ3n) is 5.13. The van der Waals surface area contributed by atoms with Crippen LogP contribution >= 0.6 is 0 Å². The highest BCUT2D eigenvalue weighted by atomic mass is 32.2. The summed E-state index contributed by atoms with van der Waals surface area (Å²) in [5.41, 5.74) is 0.300. The van der Waals surface area contributed by atoms with Gasteiger partial charge in [0.05, 0.1) is 10.5 Å². The van der Waals surface area contributed by atoms with Gasteiger partial charge >= 0.3 is 5.97 Å². The van der Waals surface area contributed by atoms with Gasteiger partial charge in [-0.15, -0.1) is 0 Å². The summed E-state index contributed by atoms with van der Waals surface area (Å²) in [6, 6.07) is 6.26. The number of likely N-dealkylation sites (N-methyl/N-ethyl adjacent to an activating group) is 1. The first kappa shape index (κ1) is 19.3. The lowest BCUT2D eigenvalue weighted by atomic mass is 10.1. The van der Waals surface area contributed by atoms with Crippen LogP contribution in [-0.2, 0) is 14.8 Å². The molecule has 0 saturated carbocycles. The molecule has 0 spiro atoms. The molecule has 3 rings (SSSR count). The molecule has 6 nitrogen and oxygen atoms in total. The van der Waals surface area contributed by atoms with E-state index in [0.717, 1.165) is 51.6 Å². The number of hydrogen-bond donors (Lipinski definition) is 0. The van der Waals surface area contributed by atoms with Gasteiger partial charge in [0, 0.05) is 19.6 Å². The average Bonchev–Trinajstić information content (AvgIpc) is 2.92. The van der Waals surface area contributed by atoms with Crippen molar-refractivity contribution >= 4 is 16.0 Å². The van der Waals surface area contributed by atoms with Crippen LogP contribution < -0.4 is 0 Å². The van der Waals surface area contributed by atoms with E-state index < -0.39 is 16.0 Å². The van der Waals surface area contributed by atoms with Crippen molar-refractivity contribution in [1.29, 1.82) is 0 Å². The molecule has 2 aliphatic rings. The number of ether oxygens (including phenoxy) is 1. The summed E-state index contributed by atoms with van der Waals surface area (Å²) in [6.45, 7) is 2.83. The number of likely N-dealkylation sites (tertiary alicyclic amines) is 1. The number of sulfonamides is 1. The summed E-state index contributed by atoms with van der Waals surface area (Å²) >= 11 is 0. The van der Waals surface area contributed by atoms with Crippen LogP contribution in [0.1, 0.15) is 48.9 Å². The van der Waals surface area contributed by atoms with Crippen molar-refractivity contribution in [1.82, 2.24) is 9.21 Å². The molecule has 0 aromatic heterocycles. The molecular formula is C19H28N2O4S. The van der Waals surface area contributed by atoms with Crippen molar-refractivity contribution in [2.24, 2.45) is 0 Å². The number of rotatable bonds is 4. The molecule has 2 heterocycles. The maximum absolute atomic E-state index is 12.9. The van der Waals surface area contributed by atoms with Gasteiger partial charge in [-0.3, -0.25) is 0 Å². The highest BCUT2D eigenvalue weighted by Crippen LogP contribution is 2.22. The summed E-state index contributed by atoms with van der Waals surface area (Å²) in [4.78, 5) is 14.8. The fourth-order valence-corrected chi connectivity index (χ4v) is 5.21. The minimum Gasteiger partial charge on any atom is -0.457 e. The van der Waals surface area contributed by atoms with Gasteiger partial charge in [0.15, 0.2) is 0 Å². The summed E-state index contributed by atoms with van der Waals surface area (Å²) in [5.74, 6) is -0.446. The van der Waals surface area contributed by atoms with Crippen molar-refractivity contribution in [3.05, 3.63) is 29.8 Å². The van der Waals surface area contributed by atoms with Crippen LogP contribution in [0.2, 0.25) is 0 Å². The second-order valence-corrected chi connectivity index (χ2v) is 9.22. The van der Waals surface area contributed by atoms with Gasteiger partial charge < -0.3 is 9.64 Å². The molecule has 1 atom stereocenters. The molecule has 0 amide bonds. The van der Waals surface area contributed by atoms with Crippen molar-refractivity contribution in [2.45, 2.75) is 49.5 Å². The van der Waals surface area contributed by atoms with E-state index in [1.165, 1.54) is 6.07 Å². The van der Waals surface area contributed by atoms with Crippen LogP contribution in [-0.4, -0.2) is 62.9 Å². The summed E-state index contributed by atoms with van der Waals surface area (Å²) < 4.78 is 33.0. The second-order valence-electron chi connectivity index (χ2n) is 7.28. The monoisotopic (exact) mass is 380 g/mol. The van der Waals surface area contributed by atoms with Crippen LogP contribution in [0.5, 0.6) is 0 Å². The molecule has 0 unspecified atom stereocenters. The quantitative estimate of drug-likeness (QED) is 0.751. The maximum atomic E-state index is 12.9. The highest BCUT2D eigenvalue weighted by molar-refractivity contribution is 7.89. The molecule has 2 aliphatic heterocycles. The molecule has 2 fully saturated rings. The fraction of sp³-hybridized carbons (Fsp3) is 0.632. The fourth-order valence-electron chi connectivity index (χ4n) is 3.65. The lowest BCUT2D eigenvalue weighted by Gasteiger charge is -2.29. The molecule has 0 N–H and O–H groups in total. The Bertz CT molecular complexity index is 727. The van der Waals surface area contributed by atoms with E-state index in [2.05, 4.69) is 4.90 Å². The maximum Gasteiger partial charge on any atom is 0.338 e. The Balaban J connectivity index is 1.73. The predicted molar refractivity (Wildman–Crippen MR) is 99.6 cm³/mol. The molecule has 1 aromatic rings. The van der Waals surface area contributed by atoms with Crippen molar-refractivity contribution in [3.8, 4) is 0 Å². The minimum absolute atomic E-state index is 0.132. The third kappa shape index (κ3) is 4.64. The largest absolute Gasteiger partial charge is 0.457 e. The van der Waals surface area contributed by atoms with Gasteiger partial charge in [-0.05, 0) is 57.5 Å².